The van der Waals surface area contributed by atoms with Gasteiger partial charge < -0.3 is 4.52 Å². The molecule has 2 aliphatic rings. The zero-order chi connectivity index (χ0) is 9.38. The van der Waals surface area contributed by atoms with E-state index in [4.69, 9.17) is 4.52 Å². The van der Waals surface area contributed by atoms with Crippen LogP contribution < -0.4 is 0 Å². The molecule has 0 spiro atoms. The summed E-state index contributed by atoms with van der Waals surface area (Å²) in [5.41, 5.74) is 0. The van der Waals surface area contributed by atoms with Crippen molar-refractivity contribution < 1.29 is 4.52 Å². The lowest BCUT2D eigenvalue weighted by molar-refractivity contribution is 0.306. The third-order valence-corrected chi connectivity index (χ3v) is 3.30. The Morgan fingerprint density at radius 1 is 1.57 bits per heavy atom. The van der Waals surface area contributed by atoms with Crippen molar-refractivity contribution in [1.82, 2.24) is 10.1 Å². The third-order valence-electron chi connectivity index (χ3n) is 3.30. The summed E-state index contributed by atoms with van der Waals surface area (Å²) in [5, 5.41) is 3.68. The van der Waals surface area contributed by atoms with Gasteiger partial charge >= 0.3 is 0 Å². The molecule has 0 amide bonds. The molecule has 1 aromatic heterocycles. The molecule has 0 aromatic carbocycles. The number of piperidine rings is 1. The average Bonchev–Trinajstić information content (AvgIpc) is 2.91. The molecule has 2 fully saturated rings. The predicted octanol–water partition coefficient (Wildman–Crippen LogP) is 1.78. The fourth-order valence-electron chi connectivity index (χ4n) is 2.56. The molecule has 3 atom stereocenters. The molecule has 3 rings (SSSR count). The van der Waals surface area contributed by atoms with Gasteiger partial charge in [0.05, 0.1) is 6.20 Å². The van der Waals surface area contributed by atoms with Crippen molar-refractivity contribution in [3.05, 3.63) is 24.1 Å². The molecule has 3 unspecified atom stereocenters. The Bertz CT molecular complexity index is 331. The summed E-state index contributed by atoms with van der Waals surface area (Å²) >= 11 is 0. The molecule has 0 aliphatic carbocycles. The van der Waals surface area contributed by atoms with Crippen LogP contribution in [0.25, 0.3) is 6.08 Å². The molecular weight excluding hydrogens is 176 g/mol. The van der Waals surface area contributed by atoms with Crippen molar-refractivity contribution in [3.8, 4) is 0 Å². The van der Waals surface area contributed by atoms with E-state index < -0.39 is 0 Å². The van der Waals surface area contributed by atoms with Crippen LogP contribution in [0.1, 0.15) is 18.6 Å². The highest BCUT2D eigenvalue weighted by Gasteiger charge is 2.35. The van der Waals surface area contributed by atoms with Gasteiger partial charge in [0.1, 0.15) is 0 Å². The lowest BCUT2D eigenvalue weighted by Crippen LogP contribution is -2.27. The van der Waals surface area contributed by atoms with E-state index in [0.717, 1.165) is 11.7 Å². The lowest BCUT2D eigenvalue weighted by Gasteiger charge is -2.20. The third kappa shape index (κ3) is 1.38. The zero-order valence-electron chi connectivity index (χ0n) is 8.10. The Morgan fingerprint density at radius 2 is 2.57 bits per heavy atom. The van der Waals surface area contributed by atoms with Gasteiger partial charge in [0.2, 0.25) is 0 Å². The van der Waals surface area contributed by atoms with Gasteiger partial charge in [-0.2, -0.15) is 0 Å². The van der Waals surface area contributed by atoms with Gasteiger partial charge in [-0.3, -0.25) is 4.90 Å². The fourth-order valence-corrected chi connectivity index (χ4v) is 2.56. The highest BCUT2D eigenvalue weighted by atomic mass is 16.5. The van der Waals surface area contributed by atoms with E-state index in [1.807, 2.05) is 12.1 Å². The zero-order valence-corrected chi connectivity index (χ0v) is 8.10. The van der Waals surface area contributed by atoms with Crippen molar-refractivity contribution in [2.75, 3.05) is 13.1 Å². The Morgan fingerprint density at radius 3 is 3.21 bits per heavy atom. The number of hydrogen-bond acceptors (Lipinski definition) is 3. The number of hydrogen-bond donors (Lipinski definition) is 0. The maximum absolute atomic E-state index is 5.02. The number of fused-ring (bicyclic) bond motifs is 2. The van der Waals surface area contributed by atoms with Crippen molar-refractivity contribution in [1.29, 1.82) is 0 Å². The standard InChI is InChI=1S/C11H14N2O/c1(2-11-3-5-12-14-11)10-7-9-4-6-13(10)8-9/h1-3,5,9-10H,4,6-8H2/b2-1-. The maximum atomic E-state index is 5.02. The van der Waals surface area contributed by atoms with Crippen LogP contribution in [-0.4, -0.2) is 29.2 Å². The van der Waals surface area contributed by atoms with Crippen LogP contribution in [0.5, 0.6) is 0 Å². The summed E-state index contributed by atoms with van der Waals surface area (Å²) in [6.45, 7) is 2.57. The smallest absolute Gasteiger partial charge is 0.159 e. The fraction of sp³-hybridized carbons (Fsp3) is 0.545. The summed E-state index contributed by atoms with van der Waals surface area (Å²) < 4.78 is 5.02. The quantitative estimate of drug-likeness (QED) is 0.712. The van der Waals surface area contributed by atoms with Crippen LogP contribution in [0.2, 0.25) is 0 Å². The Labute approximate surface area is 83.4 Å². The second-order valence-electron chi connectivity index (χ2n) is 4.23. The molecule has 2 bridgehead atoms. The summed E-state index contributed by atoms with van der Waals surface area (Å²) in [6.07, 6.45) is 8.69. The van der Waals surface area contributed by atoms with E-state index in [9.17, 15) is 0 Å². The van der Waals surface area contributed by atoms with E-state index in [1.54, 1.807) is 6.20 Å². The monoisotopic (exact) mass is 190 g/mol. The number of nitrogens with zero attached hydrogens (tertiary/aromatic N) is 2. The molecule has 3 nitrogen and oxygen atoms in total. The minimum atomic E-state index is 0.638. The van der Waals surface area contributed by atoms with Crippen LogP contribution in [-0.2, 0) is 0 Å². The molecule has 74 valence electrons. The van der Waals surface area contributed by atoms with Gasteiger partial charge in [-0.1, -0.05) is 11.2 Å². The van der Waals surface area contributed by atoms with Gasteiger partial charge in [-0.15, -0.1) is 0 Å². The Hall–Kier alpha value is -1.09. The van der Waals surface area contributed by atoms with Gasteiger partial charge in [0.25, 0.3) is 0 Å². The van der Waals surface area contributed by atoms with E-state index in [2.05, 4.69) is 16.1 Å². The molecule has 2 aliphatic heterocycles. The first-order valence-electron chi connectivity index (χ1n) is 5.25. The molecule has 3 heteroatoms. The summed E-state index contributed by atoms with van der Waals surface area (Å²) in [5.74, 6) is 1.80. The second-order valence-corrected chi connectivity index (χ2v) is 4.23. The van der Waals surface area contributed by atoms with E-state index in [1.165, 1.54) is 25.9 Å². The first-order valence-corrected chi connectivity index (χ1v) is 5.25. The van der Waals surface area contributed by atoms with Crippen LogP contribution in [0.3, 0.4) is 0 Å². The maximum Gasteiger partial charge on any atom is 0.159 e. The summed E-state index contributed by atoms with van der Waals surface area (Å²) in [7, 11) is 0. The van der Waals surface area contributed by atoms with E-state index in [-0.39, 0.29) is 0 Å². The molecule has 3 heterocycles. The van der Waals surface area contributed by atoms with Crippen molar-refractivity contribution in [3.63, 3.8) is 0 Å². The number of rotatable bonds is 2. The van der Waals surface area contributed by atoms with Gasteiger partial charge in [-0.25, -0.2) is 0 Å². The van der Waals surface area contributed by atoms with Crippen LogP contribution >= 0.6 is 0 Å². The topological polar surface area (TPSA) is 29.3 Å². The SMILES string of the molecule is C(=C/C1CC2CCN1C2)/c1ccno1. The highest BCUT2D eigenvalue weighted by molar-refractivity contribution is 5.42. The average molecular weight is 190 g/mol. The first kappa shape index (κ1) is 8.24. The van der Waals surface area contributed by atoms with Gasteiger partial charge in [-0.05, 0) is 31.4 Å². The first-order chi connectivity index (χ1) is 6.92. The van der Waals surface area contributed by atoms with Crippen LogP contribution in [0, 0.1) is 5.92 Å². The predicted molar refractivity (Wildman–Crippen MR) is 53.6 cm³/mol. The molecule has 14 heavy (non-hydrogen) atoms. The highest BCUT2D eigenvalue weighted by Crippen LogP contribution is 2.33. The van der Waals surface area contributed by atoms with E-state index >= 15 is 0 Å². The summed E-state index contributed by atoms with van der Waals surface area (Å²) in [4.78, 5) is 2.55. The van der Waals surface area contributed by atoms with Gasteiger partial charge in [0, 0.05) is 18.7 Å². The molecule has 0 saturated carbocycles. The number of aromatic nitrogens is 1. The Balaban J connectivity index is 1.68. The van der Waals surface area contributed by atoms with Crippen LogP contribution in [0.4, 0.5) is 0 Å². The van der Waals surface area contributed by atoms with Crippen molar-refractivity contribution in [2.24, 2.45) is 5.92 Å². The van der Waals surface area contributed by atoms with Gasteiger partial charge in [0.15, 0.2) is 5.76 Å². The largest absolute Gasteiger partial charge is 0.357 e. The van der Waals surface area contributed by atoms with Crippen molar-refractivity contribution in [2.45, 2.75) is 18.9 Å². The van der Waals surface area contributed by atoms with E-state index in [0.29, 0.717) is 6.04 Å². The van der Waals surface area contributed by atoms with Crippen LogP contribution in [0.15, 0.2) is 22.9 Å². The second kappa shape index (κ2) is 3.24. The molecular formula is C11H14N2O. The molecule has 1 aromatic rings. The minimum absolute atomic E-state index is 0.638. The van der Waals surface area contributed by atoms with Crippen molar-refractivity contribution >= 4 is 6.08 Å². The molecule has 0 radical (unpaired) electrons. The molecule has 2 saturated heterocycles. The lowest BCUT2D eigenvalue weighted by atomic mass is 10.0. The normalized spacial score (nSPS) is 35.9. The Kier molecular flexibility index (Phi) is 1.91. The molecule has 0 N–H and O–H groups in total. The minimum Gasteiger partial charge on any atom is -0.357 e. The summed E-state index contributed by atoms with van der Waals surface area (Å²) in [6, 6.07) is 2.53.